The van der Waals surface area contributed by atoms with Gasteiger partial charge < -0.3 is 10.4 Å². The van der Waals surface area contributed by atoms with Crippen LogP contribution in [-0.4, -0.2) is 27.2 Å². The third-order valence-electron chi connectivity index (χ3n) is 2.39. The quantitative estimate of drug-likeness (QED) is 0.862. The summed E-state index contributed by atoms with van der Waals surface area (Å²) >= 11 is 0. The minimum atomic E-state index is -0.915. The highest BCUT2D eigenvalue weighted by molar-refractivity contribution is 6.04. The minimum Gasteiger partial charge on any atom is -0.481 e. The highest BCUT2D eigenvalue weighted by atomic mass is 16.4. The van der Waals surface area contributed by atoms with Gasteiger partial charge in [0.05, 0.1) is 24.4 Å². The van der Waals surface area contributed by atoms with Crippen molar-refractivity contribution in [2.24, 2.45) is 0 Å². The molecule has 2 rings (SSSR count). The second kappa shape index (κ2) is 5.72. The molecule has 0 aliphatic carbocycles. The molecule has 0 saturated heterocycles. The van der Waals surface area contributed by atoms with Gasteiger partial charge in [0.2, 0.25) is 0 Å². The molecule has 96 valence electrons. The van der Waals surface area contributed by atoms with Crippen LogP contribution in [-0.2, 0) is 11.2 Å². The van der Waals surface area contributed by atoms with Crippen LogP contribution in [0.5, 0.6) is 0 Å². The largest absolute Gasteiger partial charge is 0.481 e. The van der Waals surface area contributed by atoms with Gasteiger partial charge in [-0.2, -0.15) is 10.2 Å². The summed E-state index contributed by atoms with van der Waals surface area (Å²) in [6, 6.07) is 8.25. The topological polar surface area (TPSA) is 92.2 Å². The summed E-state index contributed by atoms with van der Waals surface area (Å²) in [5.41, 5.74) is 1.55. The molecule has 2 N–H and O–H groups in total. The summed E-state index contributed by atoms with van der Waals surface area (Å²) in [5.74, 6) is -1.23. The van der Waals surface area contributed by atoms with Crippen LogP contribution in [0.15, 0.2) is 42.7 Å². The molecular weight excluding hydrogens is 246 g/mol. The van der Waals surface area contributed by atoms with Crippen LogP contribution in [0.2, 0.25) is 0 Å². The van der Waals surface area contributed by atoms with Gasteiger partial charge in [0.25, 0.3) is 5.91 Å². The summed E-state index contributed by atoms with van der Waals surface area (Å²) in [7, 11) is 0. The van der Waals surface area contributed by atoms with Crippen LogP contribution in [0, 0.1) is 0 Å². The number of aromatic nitrogens is 2. The molecule has 1 aromatic heterocycles. The van der Waals surface area contributed by atoms with E-state index in [1.165, 1.54) is 12.4 Å². The number of carboxylic acids is 1. The maximum Gasteiger partial charge on any atom is 0.307 e. The van der Waals surface area contributed by atoms with Crippen molar-refractivity contribution in [1.29, 1.82) is 0 Å². The summed E-state index contributed by atoms with van der Waals surface area (Å²) < 4.78 is 0. The van der Waals surface area contributed by atoms with Crippen molar-refractivity contribution < 1.29 is 14.7 Å². The molecule has 0 unspecified atom stereocenters. The van der Waals surface area contributed by atoms with Crippen molar-refractivity contribution in [3.63, 3.8) is 0 Å². The van der Waals surface area contributed by atoms with E-state index < -0.39 is 5.97 Å². The lowest BCUT2D eigenvalue weighted by atomic mass is 10.1. The average molecular weight is 257 g/mol. The van der Waals surface area contributed by atoms with Crippen LogP contribution in [0.25, 0.3) is 0 Å². The molecule has 0 radical (unpaired) electrons. The molecule has 2 aromatic rings. The van der Waals surface area contributed by atoms with E-state index in [-0.39, 0.29) is 12.3 Å². The van der Waals surface area contributed by atoms with Gasteiger partial charge in [-0.05, 0) is 23.8 Å². The van der Waals surface area contributed by atoms with Crippen molar-refractivity contribution in [2.75, 3.05) is 5.32 Å². The number of carboxylic acid groups (broad SMARTS) is 1. The number of rotatable bonds is 4. The molecule has 0 aliphatic heterocycles. The first-order valence-electron chi connectivity index (χ1n) is 5.54. The Kier molecular flexibility index (Phi) is 3.82. The number of benzene rings is 1. The molecule has 0 saturated carbocycles. The number of hydrogen-bond donors (Lipinski definition) is 2. The van der Waals surface area contributed by atoms with Gasteiger partial charge in [-0.3, -0.25) is 9.59 Å². The zero-order valence-electron chi connectivity index (χ0n) is 9.91. The van der Waals surface area contributed by atoms with E-state index in [1.807, 2.05) is 0 Å². The smallest absolute Gasteiger partial charge is 0.307 e. The summed E-state index contributed by atoms with van der Waals surface area (Å²) in [6.45, 7) is 0. The highest BCUT2D eigenvalue weighted by Gasteiger charge is 2.07. The van der Waals surface area contributed by atoms with Gasteiger partial charge >= 0.3 is 5.97 Å². The second-order valence-corrected chi connectivity index (χ2v) is 3.86. The first-order valence-corrected chi connectivity index (χ1v) is 5.54. The Morgan fingerprint density at radius 3 is 2.74 bits per heavy atom. The number of aliphatic carboxylic acids is 1. The lowest BCUT2D eigenvalue weighted by Crippen LogP contribution is -2.12. The Hall–Kier alpha value is -2.76. The predicted octanol–water partition coefficient (Wildman–Crippen LogP) is 1.36. The molecule has 0 fully saturated rings. The van der Waals surface area contributed by atoms with E-state index >= 15 is 0 Å². The molecular formula is C13H11N3O3. The Balaban J connectivity index is 2.11. The number of carbonyl (C=O) groups excluding carboxylic acids is 1. The first-order chi connectivity index (χ1) is 9.15. The fourth-order valence-corrected chi connectivity index (χ4v) is 1.56. The lowest BCUT2D eigenvalue weighted by molar-refractivity contribution is -0.136. The summed E-state index contributed by atoms with van der Waals surface area (Å²) in [6.07, 6.45) is 2.70. The molecule has 19 heavy (non-hydrogen) atoms. The average Bonchev–Trinajstić information content (AvgIpc) is 2.39. The maximum absolute atomic E-state index is 11.9. The number of nitrogens with zero attached hydrogens (tertiary/aromatic N) is 2. The van der Waals surface area contributed by atoms with E-state index in [0.717, 1.165) is 0 Å². The number of hydrogen-bond acceptors (Lipinski definition) is 4. The van der Waals surface area contributed by atoms with Gasteiger partial charge in [-0.15, -0.1) is 0 Å². The van der Waals surface area contributed by atoms with Gasteiger partial charge in [0.15, 0.2) is 0 Å². The molecule has 0 aliphatic rings. The number of anilines is 1. The van der Waals surface area contributed by atoms with Crippen LogP contribution in [0.1, 0.15) is 15.9 Å². The van der Waals surface area contributed by atoms with Crippen molar-refractivity contribution in [3.05, 3.63) is 53.9 Å². The number of amides is 1. The van der Waals surface area contributed by atoms with E-state index in [2.05, 4.69) is 15.5 Å². The normalized spacial score (nSPS) is 9.89. The van der Waals surface area contributed by atoms with Crippen LogP contribution >= 0.6 is 0 Å². The van der Waals surface area contributed by atoms with Crippen LogP contribution in [0.3, 0.4) is 0 Å². The van der Waals surface area contributed by atoms with Crippen molar-refractivity contribution in [1.82, 2.24) is 10.2 Å². The Bertz CT molecular complexity index is 599. The van der Waals surface area contributed by atoms with Gasteiger partial charge in [-0.1, -0.05) is 12.1 Å². The molecule has 6 heteroatoms. The standard InChI is InChI=1S/C13H11N3O3/c17-12(18)7-9-2-1-3-11(6-9)16-13(19)10-4-5-14-15-8-10/h1-6,8H,7H2,(H,16,19)(H,17,18). The lowest BCUT2D eigenvalue weighted by Gasteiger charge is -2.06. The summed E-state index contributed by atoms with van der Waals surface area (Å²) in [5, 5.41) is 18.6. The molecule has 1 heterocycles. The fraction of sp³-hybridized carbons (Fsp3) is 0.0769. The van der Waals surface area contributed by atoms with E-state index in [0.29, 0.717) is 16.8 Å². The number of carbonyl (C=O) groups is 2. The van der Waals surface area contributed by atoms with Gasteiger partial charge in [-0.25, -0.2) is 0 Å². The molecule has 0 spiro atoms. The van der Waals surface area contributed by atoms with E-state index in [1.54, 1.807) is 30.3 Å². The molecule has 6 nitrogen and oxygen atoms in total. The number of nitrogens with one attached hydrogen (secondary N) is 1. The zero-order chi connectivity index (χ0) is 13.7. The van der Waals surface area contributed by atoms with E-state index in [4.69, 9.17) is 5.11 Å². The molecule has 1 aromatic carbocycles. The SMILES string of the molecule is O=C(O)Cc1cccc(NC(=O)c2ccnnc2)c1. The van der Waals surface area contributed by atoms with Crippen LogP contribution in [0.4, 0.5) is 5.69 Å². The van der Waals surface area contributed by atoms with E-state index in [9.17, 15) is 9.59 Å². The van der Waals surface area contributed by atoms with Crippen LogP contribution < -0.4 is 5.32 Å². The fourth-order valence-electron chi connectivity index (χ4n) is 1.56. The highest BCUT2D eigenvalue weighted by Crippen LogP contribution is 2.12. The third-order valence-corrected chi connectivity index (χ3v) is 2.39. The molecule has 0 atom stereocenters. The van der Waals surface area contributed by atoms with Crippen molar-refractivity contribution in [3.8, 4) is 0 Å². The van der Waals surface area contributed by atoms with Crippen molar-refractivity contribution in [2.45, 2.75) is 6.42 Å². The molecule has 1 amide bonds. The Labute approximate surface area is 109 Å². The Morgan fingerprint density at radius 1 is 1.21 bits per heavy atom. The monoisotopic (exact) mass is 257 g/mol. The van der Waals surface area contributed by atoms with Gasteiger partial charge in [0.1, 0.15) is 0 Å². The predicted molar refractivity (Wildman–Crippen MR) is 67.8 cm³/mol. The summed E-state index contributed by atoms with van der Waals surface area (Å²) in [4.78, 5) is 22.5. The first kappa shape index (κ1) is 12.7. The second-order valence-electron chi connectivity index (χ2n) is 3.86. The minimum absolute atomic E-state index is 0.0828. The van der Waals surface area contributed by atoms with Gasteiger partial charge in [0, 0.05) is 5.69 Å². The Morgan fingerprint density at radius 2 is 2.05 bits per heavy atom. The van der Waals surface area contributed by atoms with Crippen molar-refractivity contribution >= 4 is 17.6 Å². The third kappa shape index (κ3) is 3.60. The zero-order valence-corrected chi connectivity index (χ0v) is 9.91. The maximum atomic E-state index is 11.9. The molecule has 0 bridgehead atoms.